The van der Waals surface area contributed by atoms with Crippen molar-refractivity contribution in [3.8, 4) is 0 Å². The van der Waals surface area contributed by atoms with Crippen LogP contribution in [0.15, 0.2) is 70.8 Å². The number of aromatic nitrogens is 4. The SMILES string of the molecule is Cc1cc(Sc2ccccc2NC(=O)Nc2cccc(F)c2)n2ncnc2n1. The van der Waals surface area contributed by atoms with Gasteiger partial charge in [-0.05, 0) is 43.3 Å². The summed E-state index contributed by atoms with van der Waals surface area (Å²) in [5, 5.41) is 10.4. The molecule has 0 radical (unpaired) electrons. The van der Waals surface area contributed by atoms with E-state index in [1.807, 2.05) is 31.2 Å². The summed E-state index contributed by atoms with van der Waals surface area (Å²) in [5.41, 5.74) is 1.80. The number of carbonyl (C=O) groups excluding carboxylic acids is 1. The molecule has 28 heavy (non-hydrogen) atoms. The van der Waals surface area contributed by atoms with Crippen molar-refractivity contribution in [1.29, 1.82) is 0 Å². The number of amides is 2. The Bertz CT molecular complexity index is 1160. The molecule has 9 heteroatoms. The van der Waals surface area contributed by atoms with Crippen molar-refractivity contribution >= 4 is 34.9 Å². The lowest BCUT2D eigenvalue weighted by Crippen LogP contribution is -2.19. The minimum atomic E-state index is -0.463. The third kappa shape index (κ3) is 3.94. The van der Waals surface area contributed by atoms with E-state index in [0.29, 0.717) is 17.2 Å². The Labute approximate surface area is 164 Å². The number of rotatable bonds is 4. The Kier molecular flexibility index (Phi) is 4.90. The molecule has 0 aliphatic heterocycles. The van der Waals surface area contributed by atoms with Crippen LogP contribution >= 0.6 is 11.8 Å². The van der Waals surface area contributed by atoms with E-state index in [-0.39, 0.29) is 0 Å². The quantitative estimate of drug-likeness (QED) is 0.502. The van der Waals surface area contributed by atoms with E-state index in [2.05, 4.69) is 25.7 Å². The molecule has 2 N–H and O–H groups in total. The largest absolute Gasteiger partial charge is 0.323 e. The van der Waals surface area contributed by atoms with E-state index in [1.165, 1.54) is 36.3 Å². The third-order valence-corrected chi connectivity index (χ3v) is 4.86. The lowest BCUT2D eigenvalue weighted by atomic mass is 10.3. The minimum Gasteiger partial charge on any atom is -0.308 e. The zero-order chi connectivity index (χ0) is 19.5. The molecule has 2 aromatic carbocycles. The van der Waals surface area contributed by atoms with Crippen molar-refractivity contribution in [3.05, 3.63) is 72.4 Å². The van der Waals surface area contributed by atoms with Gasteiger partial charge in [0.05, 0.1) is 5.69 Å². The summed E-state index contributed by atoms with van der Waals surface area (Å²) in [4.78, 5) is 21.6. The van der Waals surface area contributed by atoms with E-state index >= 15 is 0 Å². The standard InChI is InChI=1S/C19H15FN6OS/c1-12-9-17(26-18(23-12)21-11-22-26)28-16-8-3-2-7-15(16)25-19(27)24-14-6-4-5-13(20)10-14/h2-11H,1H3,(H2,24,25,27). The summed E-state index contributed by atoms with van der Waals surface area (Å²) >= 11 is 1.43. The summed E-state index contributed by atoms with van der Waals surface area (Å²) in [5.74, 6) is 0.0930. The van der Waals surface area contributed by atoms with Crippen molar-refractivity contribution < 1.29 is 9.18 Å². The average Bonchev–Trinajstić information content (AvgIpc) is 3.12. The van der Waals surface area contributed by atoms with Crippen LogP contribution in [-0.2, 0) is 0 Å². The number of nitrogens with zero attached hydrogens (tertiary/aromatic N) is 4. The summed E-state index contributed by atoms with van der Waals surface area (Å²) in [6.45, 7) is 1.88. The minimum absolute atomic E-state index is 0.372. The van der Waals surface area contributed by atoms with E-state index in [0.717, 1.165) is 15.6 Å². The average molecular weight is 394 g/mol. The molecule has 0 aliphatic carbocycles. The van der Waals surface area contributed by atoms with E-state index in [1.54, 1.807) is 16.6 Å². The number of aryl methyl sites for hydroxylation is 1. The molecule has 2 amide bonds. The summed E-state index contributed by atoms with van der Waals surface area (Å²) in [6, 6.07) is 14.5. The molecule has 4 rings (SSSR count). The first-order valence-electron chi connectivity index (χ1n) is 8.36. The second kappa shape index (κ2) is 7.65. The van der Waals surface area contributed by atoms with Gasteiger partial charge in [0.15, 0.2) is 0 Å². The molecular weight excluding hydrogens is 379 g/mol. The van der Waals surface area contributed by atoms with Gasteiger partial charge in [-0.1, -0.05) is 30.0 Å². The van der Waals surface area contributed by atoms with Crippen molar-refractivity contribution in [3.63, 3.8) is 0 Å². The molecule has 0 aliphatic rings. The van der Waals surface area contributed by atoms with Gasteiger partial charge in [-0.3, -0.25) is 0 Å². The molecule has 2 heterocycles. The Morgan fingerprint density at radius 1 is 1.11 bits per heavy atom. The lowest BCUT2D eigenvalue weighted by Gasteiger charge is -2.12. The third-order valence-electron chi connectivity index (χ3n) is 3.78. The van der Waals surface area contributed by atoms with E-state index in [4.69, 9.17) is 0 Å². The highest BCUT2D eigenvalue weighted by molar-refractivity contribution is 7.99. The van der Waals surface area contributed by atoms with Crippen LogP contribution in [0.4, 0.5) is 20.6 Å². The van der Waals surface area contributed by atoms with Crippen LogP contribution in [0.2, 0.25) is 0 Å². The smallest absolute Gasteiger partial charge is 0.308 e. The van der Waals surface area contributed by atoms with E-state index < -0.39 is 11.8 Å². The second-order valence-electron chi connectivity index (χ2n) is 5.90. The highest BCUT2D eigenvalue weighted by Gasteiger charge is 2.12. The lowest BCUT2D eigenvalue weighted by molar-refractivity contribution is 0.262. The van der Waals surface area contributed by atoms with Crippen LogP contribution in [-0.4, -0.2) is 25.6 Å². The summed E-state index contributed by atoms with van der Waals surface area (Å²) < 4.78 is 14.9. The van der Waals surface area contributed by atoms with Gasteiger partial charge >= 0.3 is 6.03 Å². The molecule has 0 unspecified atom stereocenters. The number of benzene rings is 2. The van der Waals surface area contributed by atoms with Gasteiger partial charge < -0.3 is 10.6 Å². The molecule has 0 atom stereocenters. The maximum Gasteiger partial charge on any atom is 0.323 e. The molecule has 140 valence electrons. The van der Waals surface area contributed by atoms with Crippen LogP contribution in [0, 0.1) is 12.7 Å². The van der Waals surface area contributed by atoms with Crippen LogP contribution in [0.25, 0.3) is 5.78 Å². The molecule has 0 spiro atoms. The van der Waals surface area contributed by atoms with Crippen LogP contribution in [0.3, 0.4) is 0 Å². The van der Waals surface area contributed by atoms with Gasteiger partial charge in [0.25, 0.3) is 5.78 Å². The highest BCUT2D eigenvalue weighted by Crippen LogP contribution is 2.33. The van der Waals surface area contributed by atoms with E-state index in [9.17, 15) is 9.18 Å². The fraction of sp³-hybridized carbons (Fsp3) is 0.0526. The van der Waals surface area contributed by atoms with Crippen molar-refractivity contribution in [2.45, 2.75) is 16.8 Å². The van der Waals surface area contributed by atoms with Crippen LogP contribution in [0.1, 0.15) is 5.69 Å². The first-order valence-corrected chi connectivity index (χ1v) is 9.18. The molecule has 0 bridgehead atoms. The number of nitrogens with one attached hydrogen (secondary N) is 2. The van der Waals surface area contributed by atoms with Crippen molar-refractivity contribution in [2.75, 3.05) is 10.6 Å². The highest BCUT2D eigenvalue weighted by atomic mass is 32.2. The first-order chi connectivity index (χ1) is 13.6. The maximum atomic E-state index is 13.3. The Hall–Kier alpha value is -3.46. The molecule has 0 saturated heterocycles. The number of fused-ring (bicyclic) bond motifs is 1. The van der Waals surface area contributed by atoms with Crippen molar-refractivity contribution in [1.82, 2.24) is 19.6 Å². The number of hydrogen-bond acceptors (Lipinski definition) is 5. The molecule has 7 nitrogen and oxygen atoms in total. The summed E-state index contributed by atoms with van der Waals surface area (Å²) in [7, 11) is 0. The molecule has 0 saturated carbocycles. The number of anilines is 2. The Morgan fingerprint density at radius 3 is 2.82 bits per heavy atom. The Balaban J connectivity index is 1.57. The first kappa shape index (κ1) is 17.9. The molecule has 0 fully saturated rings. The monoisotopic (exact) mass is 394 g/mol. The zero-order valence-electron chi connectivity index (χ0n) is 14.8. The maximum absolute atomic E-state index is 13.3. The van der Waals surface area contributed by atoms with Gasteiger partial charge in [0, 0.05) is 16.3 Å². The van der Waals surface area contributed by atoms with Gasteiger partial charge in [-0.2, -0.15) is 14.6 Å². The van der Waals surface area contributed by atoms with Gasteiger partial charge in [0.1, 0.15) is 17.2 Å². The van der Waals surface area contributed by atoms with Crippen LogP contribution < -0.4 is 10.6 Å². The fourth-order valence-electron chi connectivity index (χ4n) is 2.59. The normalized spacial score (nSPS) is 10.8. The zero-order valence-corrected chi connectivity index (χ0v) is 15.6. The van der Waals surface area contributed by atoms with Crippen LogP contribution in [0.5, 0.6) is 0 Å². The number of urea groups is 1. The van der Waals surface area contributed by atoms with Gasteiger partial charge in [0.2, 0.25) is 0 Å². The van der Waals surface area contributed by atoms with Gasteiger partial charge in [-0.15, -0.1) is 0 Å². The fourth-order valence-corrected chi connectivity index (χ4v) is 3.64. The topological polar surface area (TPSA) is 84.2 Å². The second-order valence-corrected chi connectivity index (χ2v) is 6.96. The number of carbonyl (C=O) groups is 1. The predicted octanol–water partition coefficient (Wildman–Crippen LogP) is 4.37. The molecule has 4 aromatic rings. The van der Waals surface area contributed by atoms with Crippen molar-refractivity contribution in [2.24, 2.45) is 0 Å². The Morgan fingerprint density at radius 2 is 1.96 bits per heavy atom. The molecular formula is C19H15FN6OS. The molecule has 2 aromatic heterocycles. The number of halogens is 1. The number of hydrogen-bond donors (Lipinski definition) is 2. The van der Waals surface area contributed by atoms with Gasteiger partial charge in [-0.25, -0.2) is 14.2 Å². The summed E-state index contributed by atoms with van der Waals surface area (Å²) in [6.07, 6.45) is 1.45. The number of para-hydroxylation sites is 1. The predicted molar refractivity (Wildman–Crippen MR) is 105 cm³/mol.